The van der Waals surface area contributed by atoms with E-state index in [2.05, 4.69) is 25.7 Å². The number of rotatable bonds is 6. The Morgan fingerprint density at radius 3 is 2.69 bits per heavy atom. The van der Waals surface area contributed by atoms with Crippen molar-refractivity contribution in [1.29, 1.82) is 0 Å². The molecule has 2 unspecified atom stereocenters. The molecule has 0 bridgehead atoms. The van der Waals surface area contributed by atoms with E-state index < -0.39 is 0 Å². The van der Waals surface area contributed by atoms with Crippen LogP contribution < -0.4 is 10.1 Å². The average Bonchev–Trinajstić information content (AvgIpc) is 2.30. The van der Waals surface area contributed by atoms with Crippen molar-refractivity contribution < 1.29 is 4.74 Å². The van der Waals surface area contributed by atoms with Crippen LogP contribution in [0.5, 0.6) is 5.75 Å². The molecule has 0 aliphatic rings. The van der Waals surface area contributed by atoms with Crippen LogP contribution in [0, 0.1) is 5.92 Å². The maximum Gasteiger partial charge on any atom is 0.142 e. The summed E-state index contributed by atoms with van der Waals surface area (Å²) < 4.78 is 5.94. The predicted octanol–water partition coefficient (Wildman–Crippen LogP) is 3.71. The van der Waals surface area contributed by atoms with Crippen LogP contribution in [0.4, 0.5) is 5.69 Å². The van der Waals surface area contributed by atoms with Crippen molar-refractivity contribution in [2.24, 2.45) is 5.92 Å². The molecule has 0 saturated carbocycles. The highest BCUT2D eigenvalue weighted by Crippen LogP contribution is 2.26. The second kappa shape index (κ2) is 6.21. The van der Waals surface area contributed by atoms with Crippen molar-refractivity contribution in [2.75, 3.05) is 12.4 Å². The van der Waals surface area contributed by atoms with Crippen LogP contribution in [-0.2, 0) is 0 Å². The molecule has 0 fully saturated rings. The van der Waals surface area contributed by atoms with E-state index in [-0.39, 0.29) is 6.10 Å². The van der Waals surface area contributed by atoms with Gasteiger partial charge >= 0.3 is 0 Å². The van der Waals surface area contributed by atoms with Gasteiger partial charge in [-0.05, 0) is 31.4 Å². The molecule has 0 heterocycles. The molecule has 0 aromatic heterocycles. The van der Waals surface area contributed by atoms with Gasteiger partial charge in [0.05, 0.1) is 11.8 Å². The smallest absolute Gasteiger partial charge is 0.142 e. The summed E-state index contributed by atoms with van der Waals surface area (Å²) in [6, 6.07) is 7.99. The van der Waals surface area contributed by atoms with Gasteiger partial charge < -0.3 is 10.1 Å². The zero-order valence-corrected chi connectivity index (χ0v) is 10.4. The summed E-state index contributed by atoms with van der Waals surface area (Å²) in [7, 11) is 1.90. The average molecular weight is 219 g/mol. The van der Waals surface area contributed by atoms with Gasteiger partial charge in [0.25, 0.3) is 0 Å². The van der Waals surface area contributed by atoms with E-state index >= 15 is 0 Å². The Morgan fingerprint density at radius 1 is 1.38 bits per heavy atom. The van der Waals surface area contributed by atoms with Crippen molar-refractivity contribution in [3.05, 3.63) is 36.9 Å². The van der Waals surface area contributed by atoms with Crippen LogP contribution in [0.2, 0.25) is 0 Å². The largest absolute Gasteiger partial charge is 0.488 e. The van der Waals surface area contributed by atoms with Crippen LogP contribution in [0.25, 0.3) is 0 Å². The molecule has 1 aromatic carbocycles. The molecule has 16 heavy (non-hydrogen) atoms. The molecule has 2 heteroatoms. The molecule has 1 aromatic rings. The first-order valence-electron chi connectivity index (χ1n) is 5.73. The molecule has 1 N–H and O–H groups in total. The van der Waals surface area contributed by atoms with Gasteiger partial charge in [-0.15, -0.1) is 6.58 Å². The second-order valence-electron chi connectivity index (χ2n) is 4.07. The lowest BCUT2D eigenvalue weighted by Gasteiger charge is -2.22. The number of hydrogen-bond donors (Lipinski definition) is 1. The first-order chi connectivity index (χ1) is 7.69. The number of benzene rings is 1. The van der Waals surface area contributed by atoms with Crippen LogP contribution in [0.15, 0.2) is 36.9 Å². The highest BCUT2D eigenvalue weighted by molar-refractivity contribution is 5.55. The fourth-order valence-electron chi connectivity index (χ4n) is 1.55. The minimum Gasteiger partial charge on any atom is -0.488 e. The number of anilines is 1. The third-order valence-electron chi connectivity index (χ3n) is 2.81. The van der Waals surface area contributed by atoms with E-state index in [1.807, 2.05) is 37.4 Å². The lowest BCUT2D eigenvalue weighted by Crippen LogP contribution is -2.21. The summed E-state index contributed by atoms with van der Waals surface area (Å²) in [5.74, 6) is 1.39. The number of para-hydroxylation sites is 2. The van der Waals surface area contributed by atoms with E-state index in [0.29, 0.717) is 5.92 Å². The zero-order chi connectivity index (χ0) is 12.0. The Hall–Kier alpha value is -1.44. The van der Waals surface area contributed by atoms with Crippen LogP contribution in [0.1, 0.15) is 20.3 Å². The van der Waals surface area contributed by atoms with E-state index in [0.717, 1.165) is 17.9 Å². The van der Waals surface area contributed by atoms with Gasteiger partial charge in [-0.1, -0.05) is 25.1 Å². The summed E-state index contributed by atoms with van der Waals surface area (Å²) in [4.78, 5) is 0. The van der Waals surface area contributed by atoms with Gasteiger partial charge in [0.2, 0.25) is 0 Å². The molecule has 0 saturated heterocycles. The SMILES string of the molecule is C=CCC(C)C(C)Oc1ccccc1NC. The molecule has 0 radical (unpaired) electrons. The summed E-state index contributed by atoms with van der Waals surface area (Å²) in [6.07, 6.45) is 3.10. The standard InChI is InChI=1S/C14H21NO/c1-5-8-11(2)12(3)16-14-10-7-6-9-13(14)15-4/h5-7,9-12,15H,1,8H2,2-4H3. The Bertz CT molecular complexity index is 335. The van der Waals surface area contributed by atoms with E-state index in [9.17, 15) is 0 Å². The molecule has 0 spiro atoms. The van der Waals surface area contributed by atoms with Gasteiger partial charge in [-0.3, -0.25) is 0 Å². The van der Waals surface area contributed by atoms with Gasteiger partial charge in [0.1, 0.15) is 5.75 Å². The Balaban J connectivity index is 2.68. The molecule has 0 amide bonds. The van der Waals surface area contributed by atoms with Crippen molar-refractivity contribution in [3.63, 3.8) is 0 Å². The molecule has 1 rings (SSSR count). The van der Waals surface area contributed by atoms with Crippen LogP contribution >= 0.6 is 0 Å². The molecule has 88 valence electrons. The Morgan fingerprint density at radius 2 is 2.06 bits per heavy atom. The molecule has 0 aliphatic carbocycles. The van der Waals surface area contributed by atoms with Crippen molar-refractivity contribution in [2.45, 2.75) is 26.4 Å². The topological polar surface area (TPSA) is 21.3 Å². The first-order valence-corrected chi connectivity index (χ1v) is 5.73. The highest BCUT2D eigenvalue weighted by Gasteiger charge is 2.13. The Kier molecular flexibility index (Phi) is 4.90. The van der Waals surface area contributed by atoms with Crippen molar-refractivity contribution in [3.8, 4) is 5.75 Å². The molecule has 2 nitrogen and oxygen atoms in total. The lowest BCUT2D eigenvalue weighted by atomic mass is 10.0. The monoisotopic (exact) mass is 219 g/mol. The maximum absolute atomic E-state index is 5.94. The molecular weight excluding hydrogens is 198 g/mol. The summed E-state index contributed by atoms with van der Waals surface area (Å²) in [5.41, 5.74) is 1.03. The van der Waals surface area contributed by atoms with E-state index in [1.54, 1.807) is 0 Å². The van der Waals surface area contributed by atoms with Gasteiger partial charge in [-0.25, -0.2) is 0 Å². The molecule has 0 aliphatic heterocycles. The van der Waals surface area contributed by atoms with Crippen LogP contribution in [-0.4, -0.2) is 13.2 Å². The van der Waals surface area contributed by atoms with Gasteiger partial charge in [0.15, 0.2) is 0 Å². The third kappa shape index (κ3) is 3.30. The summed E-state index contributed by atoms with van der Waals surface area (Å²) in [5, 5.41) is 3.13. The summed E-state index contributed by atoms with van der Waals surface area (Å²) >= 11 is 0. The maximum atomic E-state index is 5.94. The quantitative estimate of drug-likeness (QED) is 0.736. The predicted molar refractivity (Wildman–Crippen MR) is 70.1 cm³/mol. The van der Waals surface area contributed by atoms with E-state index in [1.165, 1.54) is 0 Å². The lowest BCUT2D eigenvalue weighted by molar-refractivity contribution is 0.163. The minimum absolute atomic E-state index is 0.187. The molecular formula is C14H21NO. The number of allylic oxidation sites excluding steroid dienone is 1. The number of nitrogens with one attached hydrogen (secondary N) is 1. The second-order valence-corrected chi connectivity index (χ2v) is 4.07. The number of ether oxygens (including phenoxy) is 1. The zero-order valence-electron chi connectivity index (χ0n) is 10.4. The van der Waals surface area contributed by atoms with Crippen LogP contribution in [0.3, 0.4) is 0 Å². The van der Waals surface area contributed by atoms with Crippen molar-refractivity contribution >= 4 is 5.69 Å². The number of hydrogen-bond acceptors (Lipinski definition) is 2. The molecule has 2 atom stereocenters. The van der Waals surface area contributed by atoms with E-state index in [4.69, 9.17) is 4.74 Å². The fraction of sp³-hybridized carbons (Fsp3) is 0.429. The highest BCUT2D eigenvalue weighted by atomic mass is 16.5. The van der Waals surface area contributed by atoms with Gasteiger partial charge in [0, 0.05) is 7.05 Å². The minimum atomic E-state index is 0.187. The van der Waals surface area contributed by atoms with Gasteiger partial charge in [-0.2, -0.15) is 0 Å². The normalized spacial score (nSPS) is 13.9. The fourth-order valence-corrected chi connectivity index (χ4v) is 1.55. The Labute approximate surface area is 98.3 Å². The first kappa shape index (κ1) is 12.6. The summed E-state index contributed by atoms with van der Waals surface area (Å²) in [6.45, 7) is 8.03. The van der Waals surface area contributed by atoms with Crippen molar-refractivity contribution in [1.82, 2.24) is 0 Å². The third-order valence-corrected chi connectivity index (χ3v) is 2.81.